The van der Waals surface area contributed by atoms with E-state index >= 15 is 0 Å². The van der Waals surface area contributed by atoms with Gasteiger partial charge in [0.15, 0.2) is 5.75 Å². The number of rotatable bonds is 2. The summed E-state index contributed by atoms with van der Waals surface area (Å²) >= 11 is 0. The van der Waals surface area contributed by atoms with E-state index in [1.165, 1.54) is 12.3 Å². The summed E-state index contributed by atoms with van der Waals surface area (Å²) in [6.45, 7) is 0.430. The lowest BCUT2D eigenvalue weighted by atomic mass is 10.2. The standard InChI is InChI=1S/C8H10N2O2/c9-3-1-2-6-4-7(11)8(12)10-5-6/h1-2,4-5,11H,3,9H2,(H,10,12). The van der Waals surface area contributed by atoms with Gasteiger partial charge in [0.2, 0.25) is 0 Å². The second kappa shape index (κ2) is 3.73. The number of aromatic nitrogens is 1. The second-order valence-electron chi connectivity index (χ2n) is 2.29. The minimum absolute atomic E-state index is 0.283. The maximum Gasteiger partial charge on any atom is 0.290 e. The molecular weight excluding hydrogens is 156 g/mol. The molecule has 0 saturated carbocycles. The lowest BCUT2D eigenvalue weighted by Crippen LogP contribution is -2.03. The largest absolute Gasteiger partial charge is 0.503 e. The van der Waals surface area contributed by atoms with Crippen LogP contribution in [0.5, 0.6) is 5.75 Å². The molecule has 0 aliphatic carbocycles. The van der Waals surface area contributed by atoms with Gasteiger partial charge in [0.25, 0.3) is 5.56 Å². The van der Waals surface area contributed by atoms with Crippen molar-refractivity contribution in [1.29, 1.82) is 0 Å². The molecule has 0 atom stereocenters. The number of nitrogens with one attached hydrogen (secondary N) is 1. The van der Waals surface area contributed by atoms with Crippen LogP contribution in [0.4, 0.5) is 0 Å². The Labute approximate surface area is 69.4 Å². The molecule has 0 aromatic carbocycles. The Morgan fingerprint density at radius 1 is 1.67 bits per heavy atom. The average molecular weight is 166 g/mol. The average Bonchev–Trinajstić information content (AvgIpc) is 2.07. The molecule has 0 spiro atoms. The van der Waals surface area contributed by atoms with E-state index in [4.69, 9.17) is 10.8 Å². The number of aromatic amines is 1. The lowest BCUT2D eigenvalue weighted by Gasteiger charge is -1.93. The molecular formula is C8H10N2O2. The van der Waals surface area contributed by atoms with Crippen molar-refractivity contribution >= 4 is 6.08 Å². The number of aromatic hydroxyl groups is 1. The smallest absolute Gasteiger partial charge is 0.290 e. The first kappa shape index (κ1) is 8.55. The number of H-pyrrole nitrogens is 1. The van der Waals surface area contributed by atoms with Crippen LogP contribution in [0, 0.1) is 0 Å². The van der Waals surface area contributed by atoms with Crippen molar-refractivity contribution in [1.82, 2.24) is 4.98 Å². The Morgan fingerprint density at radius 2 is 2.42 bits per heavy atom. The lowest BCUT2D eigenvalue weighted by molar-refractivity contribution is 0.466. The van der Waals surface area contributed by atoms with Crippen LogP contribution < -0.4 is 11.3 Å². The van der Waals surface area contributed by atoms with Crippen molar-refractivity contribution in [2.45, 2.75) is 0 Å². The van der Waals surface area contributed by atoms with E-state index in [1.807, 2.05) is 0 Å². The van der Waals surface area contributed by atoms with Gasteiger partial charge in [0, 0.05) is 12.7 Å². The van der Waals surface area contributed by atoms with Crippen LogP contribution in [0.25, 0.3) is 6.08 Å². The highest BCUT2D eigenvalue weighted by molar-refractivity contribution is 5.49. The van der Waals surface area contributed by atoms with Gasteiger partial charge >= 0.3 is 0 Å². The van der Waals surface area contributed by atoms with Gasteiger partial charge in [-0.3, -0.25) is 4.79 Å². The van der Waals surface area contributed by atoms with E-state index in [1.54, 1.807) is 12.2 Å². The zero-order valence-corrected chi connectivity index (χ0v) is 6.45. The fourth-order valence-corrected chi connectivity index (χ4v) is 0.788. The molecule has 0 unspecified atom stereocenters. The van der Waals surface area contributed by atoms with Crippen LogP contribution >= 0.6 is 0 Å². The summed E-state index contributed by atoms with van der Waals surface area (Å²) in [5, 5.41) is 8.99. The van der Waals surface area contributed by atoms with Crippen molar-refractivity contribution in [2.24, 2.45) is 5.73 Å². The summed E-state index contributed by atoms with van der Waals surface area (Å²) in [7, 11) is 0. The molecule has 1 heterocycles. The summed E-state index contributed by atoms with van der Waals surface area (Å²) in [5.41, 5.74) is 5.46. The molecule has 1 aromatic heterocycles. The quantitative estimate of drug-likeness (QED) is 0.581. The van der Waals surface area contributed by atoms with E-state index in [-0.39, 0.29) is 5.75 Å². The summed E-state index contributed by atoms with van der Waals surface area (Å²) in [6, 6.07) is 1.38. The maximum atomic E-state index is 10.7. The molecule has 4 nitrogen and oxygen atoms in total. The van der Waals surface area contributed by atoms with Gasteiger partial charge in [-0.1, -0.05) is 12.2 Å². The van der Waals surface area contributed by atoms with Gasteiger partial charge in [0.1, 0.15) is 0 Å². The highest BCUT2D eigenvalue weighted by atomic mass is 16.3. The van der Waals surface area contributed by atoms with E-state index in [2.05, 4.69) is 4.98 Å². The summed E-state index contributed by atoms with van der Waals surface area (Å²) in [5.74, 6) is -0.283. The number of hydrogen-bond donors (Lipinski definition) is 3. The van der Waals surface area contributed by atoms with E-state index in [0.29, 0.717) is 6.54 Å². The fourth-order valence-electron chi connectivity index (χ4n) is 0.788. The maximum absolute atomic E-state index is 10.7. The molecule has 1 rings (SSSR count). The van der Waals surface area contributed by atoms with Gasteiger partial charge in [0.05, 0.1) is 0 Å². The molecule has 4 heteroatoms. The van der Waals surface area contributed by atoms with Crippen molar-refractivity contribution in [3.8, 4) is 5.75 Å². The van der Waals surface area contributed by atoms with Crippen LogP contribution in [0.3, 0.4) is 0 Å². The van der Waals surface area contributed by atoms with Crippen LogP contribution in [-0.2, 0) is 0 Å². The minimum Gasteiger partial charge on any atom is -0.503 e. The molecule has 0 saturated heterocycles. The van der Waals surface area contributed by atoms with Crippen LogP contribution in [0.2, 0.25) is 0 Å². The van der Waals surface area contributed by atoms with Gasteiger partial charge in [-0.05, 0) is 11.6 Å². The number of pyridine rings is 1. The summed E-state index contributed by atoms with van der Waals surface area (Å²) < 4.78 is 0. The minimum atomic E-state index is -0.486. The zero-order valence-electron chi connectivity index (χ0n) is 6.45. The monoisotopic (exact) mass is 166 g/mol. The fraction of sp³-hybridized carbons (Fsp3) is 0.125. The SMILES string of the molecule is NCC=Cc1c[nH]c(=O)c(O)c1. The van der Waals surface area contributed by atoms with Crippen molar-refractivity contribution < 1.29 is 5.11 Å². The van der Waals surface area contributed by atoms with Gasteiger partial charge in [-0.2, -0.15) is 0 Å². The Balaban J connectivity index is 2.97. The van der Waals surface area contributed by atoms with Gasteiger partial charge < -0.3 is 15.8 Å². The zero-order chi connectivity index (χ0) is 8.97. The molecule has 0 aliphatic rings. The molecule has 0 fully saturated rings. The third-order valence-corrected chi connectivity index (χ3v) is 1.35. The molecule has 12 heavy (non-hydrogen) atoms. The van der Waals surface area contributed by atoms with E-state index in [0.717, 1.165) is 5.56 Å². The second-order valence-corrected chi connectivity index (χ2v) is 2.29. The molecule has 4 N–H and O–H groups in total. The van der Waals surface area contributed by atoms with E-state index < -0.39 is 5.56 Å². The van der Waals surface area contributed by atoms with Crippen molar-refractivity contribution in [2.75, 3.05) is 6.54 Å². The summed E-state index contributed by atoms with van der Waals surface area (Å²) in [4.78, 5) is 13.1. The first-order chi connectivity index (χ1) is 5.74. The molecule has 0 aliphatic heterocycles. The van der Waals surface area contributed by atoms with Crippen LogP contribution in [0.1, 0.15) is 5.56 Å². The summed E-state index contributed by atoms with van der Waals surface area (Å²) in [6.07, 6.45) is 4.96. The first-order valence-corrected chi connectivity index (χ1v) is 3.52. The van der Waals surface area contributed by atoms with Crippen LogP contribution in [0.15, 0.2) is 23.1 Å². The normalized spacial score (nSPS) is 10.8. The highest BCUT2D eigenvalue weighted by Crippen LogP contribution is 2.04. The Morgan fingerprint density at radius 3 is 3.00 bits per heavy atom. The van der Waals surface area contributed by atoms with E-state index in [9.17, 15) is 4.79 Å². The van der Waals surface area contributed by atoms with Crippen molar-refractivity contribution in [3.05, 3.63) is 34.3 Å². The third kappa shape index (κ3) is 1.96. The number of nitrogens with two attached hydrogens (primary N) is 1. The third-order valence-electron chi connectivity index (χ3n) is 1.35. The van der Waals surface area contributed by atoms with Gasteiger partial charge in [-0.25, -0.2) is 0 Å². The highest BCUT2D eigenvalue weighted by Gasteiger charge is 1.94. The first-order valence-electron chi connectivity index (χ1n) is 3.52. The Kier molecular flexibility index (Phi) is 2.66. The predicted octanol–water partition coefficient (Wildman–Crippen LogP) is 0.0524. The van der Waals surface area contributed by atoms with Crippen molar-refractivity contribution in [3.63, 3.8) is 0 Å². The molecule has 0 bridgehead atoms. The predicted molar refractivity (Wildman–Crippen MR) is 46.8 cm³/mol. The molecule has 0 radical (unpaired) electrons. The van der Waals surface area contributed by atoms with Gasteiger partial charge in [-0.15, -0.1) is 0 Å². The van der Waals surface area contributed by atoms with Crippen LogP contribution in [-0.4, -0.2) is 16.6 Å². The molecule has 1 aromatic rings. The number of hydrogen-bond acceptors (Lipinski definition) is 3. The topological polar surface area (TPSA) is 79.1 Å². The Bertz CT molecular complexity index is 341. The molecule has 0 amide bonds. The Hall–Kier alpha value is -1.55. The molecule has 64 valence electrons.